The number of hydrogen-bond acceptors (Lipinski definition) is 5. The quantitative estimate of drug-likeness (QED) is 0.790. The largest absolute Gasteiger partial charge is 0.493 e. The van der Waals surface area contributed by atoms with Crippen LogP contribution in [-0.2, 0) is 0 Å². The van der Waals surface area contributed by atoms with Crippen LogP contribution in [0.25, 0.3) is 0 Å². The first-order valence-corrected chi connectivity index (χ1v) is 5.34. The minimum Gasteiger partial charge on any atom is -0.493 e. The molecule has 0 bridgehead atoms. The van der Waals surface area contributed by atoms with Crippen LogP contribution in [0.2, 0.25) is 0 Å². The Morgan fingerprint density at radius 3 is 2.00 bits per heavy atom. The van der Waals surface area contributed by atoms with Crippen LogP contribution < -0.4 is 19.5 Å². The van der Waals surface area contributed by atoms with Crippen LogP contribution >= 0.6 is 0 Å². The summed E-state index contributed by atoms with van der Waals surface area (Å²) in [7, 11) is 4.69. The molecule has 0 aliphatic carbocycles. The average Bonchev–Trinajstić information content (AvgIpc) is 2.34. The molecule has 1 aromatic rings. The van der Waals surface area contributed by atoms with Gasteiger partial charge in [-0.25, -0.2) is 0 Å². The minimum atomic E-state index is -0.422. The van der Waals surface area contributed by atoms with E-state index < -0.39 is 6.10 Å². The third kappa shape index (κ3) is 3.42. The maximum Gasteiger partial charge on any atom is 0.203 e. The summed E-state index contributed by atoms with van der Waals surface area (Å²) in [4.78, 5) is 0. The number of anilines is 1. The van der Waals surface area contributed by atoms with Crippen LogP contribution in [0.4, 0.5) is 5.69 Å². The summed E-state index contributed by atoms with van der Waals surface area (Å²) in [6.07, 6.45) is -0.422. The van der Waals surface area contributed by atoms with E-state index in [0.717, 1.165) is 5.69 Å². The van der Waals surface area contributed by atoms with Gasteiger partial charge < -0.3 is 24.6 Å². The van der Waals surface area contributed by atoms with Gasteiger partial charge in [-0.1, -0.05) is 0 Å². The molecular weight excluding hydrogens is 222 g/mol. The molecule has 0 radical (unpaired) electrons. The van der Waals surface area contributed by atoms with Crippen LogP contribution in [0.1, 0.15) is 6.92 Å². The van der Waals surface area contributed by atoms with E-state index in [0.29, 0.717) is 23.8 Å². The molecule has 5 nitrogen and oxygen atoms in total. The Balaban J connectivity index is 3.00. The zero-order valence-electron chi connectivity index (χ0n) is 10.6. The number of aliphatic hydroxyl groups excluding tert-OH is 1. The predicted octanol–water partition coefficient (Wildman–Crippen LogP) is 1.51. The van der Waals surface area contributed by atoms with Gasteiger partial charge in [-0.05, 0) is 6.92 Å². The lowest BCUT2D eigenvalue weighted by Gasteiger charge is -2.15. The Bertz CT molecular complexity index is 341. The lowest BCUT2D eigenvalue weighted by atomic mass is 10.2. The van der Waals surface area contributed by atoms with E-state index in [-0.39, 0.29) is 0 Å². The highest BCUT2D eigenvalue weighted by molar-refractivity contribution is 5.62. The van der Waals surface area contributed by atoms with E-state index in [2.05, 4.69) is 5.32 Å². The molecule has 0 aliphatic heterocycles. The van der Waals surface area contributed by atoms with Crippen molar-refractivity contribution in [2.24, 2.45) is 0 Å². The molecule has 1 unspecified atom stereocenters. The summed E-state index contributed by atoms with van der Waals surface area (Å²) < 4.78 is 15.6. The fraction of sp³-hybridized carbons (Fsp3) is 0.500. The third-order valence-electron chi connectivity index (χ3n) is 2.27. The van der Waals surface area contributed by atoms with Crippen LogP contribution in [0.3, 0.4) is 0 Å². The molecule has 1 aromatic carbocycles. The molecule has 0 amide bonds. The summed E-state index contributed by atoms with van der Waals surface area (Å²) in [5.41, 5.74) is 0.806. The molecule has 0 aromatic heterocycles. The van der Waals surface area contributed by atoms with Gasteiger partial charge in [-0.15, -0.1) is 0 Å². The van der Waals surface area contributed by atoms with Crippen LogP contribution in [-0.4, -0.2) is 39.1 Å². The van der Waals surface area contributed by atoms with Crippen molar-refractivity contribution in [1.29, 1.82) is 0 Å². The number of methoxy groups -OCH3 is 3. The number of hydrogen-bond donors (Lipinski definition) is 2. The second kappa shape index (κ2) is 6.20. The molecule has 17 heavy (non-hydrogen) atoms. The lowest BCUT2D eigenvalue weighted by molar-refractivity contribution is 0.208. The van der Waals surface area contributed by atoms with E-state index in [4.69, 9.17) is 14.2 Å². The highest BCUT2D eigenvalue weighted by Crippen LogP contribution is 2.39. The van der Waals surface area contributed by atoms with E-state index in [1.165, 1.54) is 0 Å². The topological polar surface area (TPSA) is 60.0 Å². The molecule has 5 heteroatoms. The van der Waals surface area contributed by atoms with Crippen molar-refractivity contribution < 1.29 is 19.3 Å². The third-order valence-corrected chi connectivity index (χ3v) is 2.27. The van der Waals surface area contributed by atoms with Gasteiger partial charge in [0, 0.05) is 24.4 Å². The number of benzene rings is 1. The fourth-order valence-electron chi connectivity index (χ4n) is 1.45. The maximum absolute atomic E-state index is 9.22. The Kier molecular flexibility index (Phi) is 4.90. The van der Waals surface area contributed by atoms with Gasteiger partial charge in [-0.2, -0.15) is 0 Å². The summed E-state index contributed by atoms with van der Waals surface area (Å²) in [5.74, 6) is 1.72. The van der Waals surface area contributed by atoms with E-state index in [9.17, 15) is 5.11 Å². The van der Waals surface area contributed by atoms with Crippen LogP contribution in [0.5, 0.6) is 17.2 Å². The van der Waals surface area contributed by atoms with E-state index >= 15 is 0 Å². The highest BCUT2D eigenvalue weighted by atomic mass is 16.5. The monoisotopic (exact) mass is 241 g/mol. The van der Waals surface area contributed by atoms with Gasteiger partial charge >= 0.3 is 0 Å². The summed E-state index contributed by atoms with van der Waals surface area (Å²) in [6, 6.07) is 3.59. The van der Waals surface area contributed by atoms with Gasteiger partial charge in [-0.3, -0.25) is 0 Å². The summed E-state index contributed by atoms with van der Waals surface area (Å²) in [6.45, 7) is 2.17. The number of aliphatic hydroxyl groups is 1. The van der Waals surface area contributed by atoms with Crippen molar-refractivity contribution in [3.8, 4) is 17.2 Å². The molecule has 1 atom stereocenters. The molecule has 0 heterocycles. The SMILES string of the molecule is COc1cc(NCC(C)O)cc(OC)c1OC. The van der Waals surface area contributed by atoms with E-state index in [1.807, 2.05) is 0 Å². The van der Waals surface area contributed by atoms with Crippen LogP contribution in [0, 0.1) is 0 Å². The average molecular weight is 241 g/mol. The summed E-state index contributed by atoms with van der Waals surface area (Å²) >= 11 is 0. The first-order chi connectivity index (χ1) is 8.12. The molecule has 96 valence electrons. The smallest absolute Gasteiger partial charge is 0.203 e. The Morgan fingerprint density at radius 2 is 1.65 bits per heavy atom. The van der Waals surface area contributed by atoms with Gasteiger partial charge in [0.05, 0.1) is 27.4 Å². The normalized spacial score (nSPS) is 11.8. The second-order valence-corrected chi connectivity index (χ2v) is 3.64. The van der Waals surface area contributed by atoms with Gasteiger partial charge in [0.1, 0.15) is 0 Å². The number of rotatable bonds is 6. The Labute approximate surface area is 101 Å². The van der Waals surface area contributed by atoms with Crippen LogP contribution in [0.15, 0.2) is 12.1 Å². The molecule has 0 fully saturated rings. The maximum atomic E-state index is 9.22. The molecule has 2 N–H and O–H groups in total. The lowest BCUT2D eigenvalue weighted by Crippen LogP contribution is -2.15. The summed E-state index contributed by atoms with van der Waals surface area (Å²) in [5, 5.41) is 12.3. The molecular formula is C12H19NO4. The molecule has 0 aliphatic rings. The van der Waals surface area contributed by atoms with Crippen molar-refractivity contribution in [1.82, 2.24) is 0 Å². The van der Waals surface area contributed by atoms with Crippen molar-refractivity contribution in [2.75, 3.05) is 33.2 Å². The zero-order chi connectivity index (χ0) is 12.8. The van der Waals surface area contributed by atoms with Gasteiger partial charge in [0.15, 0.2) is 11.5 Å². The first-order valence-electron chi connectivity index (χ1n) is 5.34. The minimum absolute atomic E-state index is 0.422. The van der Waals surface area contributed by atoms with Crippen molar-refractivity contribution in [2.45, 2.75) is 13.0 Å². The van der Waals surface area contributed by atoms with Crippen molar-refractivity contribution in [3.63, 3.8) is 0 Å². The van der Waals surface area contributed by atoms with Crippen molar-refractivity contribution in [3.05, 3.63) is 12.1 Å². The fourth-order valence-corrected chi connectivity index (χ4v) is 1.45. The standard InChI is InChI=1S/C12H19NO4/c1-8(14)7-13-9-5-10(15-2)12(17-4)11(6-9)16-3/h5-6,8,13-14H,7H2,1-4H3. The zero-order valence-corrected chi connectivity index (χ0v) is 10.6. The Hall–Kier alpha value is -1.62. The molecule has 0 saturated carbocycles. The van der Waals surface area contributed by atoms with Gasteiger partial charge in [0.25, 0.3) is 0 Å². The number of nitrogens with one attached hydrogen (secondary N) is 1. The highest BCUT2D eigenvalue weighted by Gasteiger charge is 2.13. The molecule has 0 spiro atoms. The second-order valence-electron chi connectivity index (χ2n) is 3.64. The van der Waals surface area contributed by atoms with Gasteiger partial charge in [0.2, 0.25) is 5.75 Å². The van der Waals surface area contributed by atoms with E-state index in [1.54, 1.807) is 40.4 Å². The number of ether oxygens (including phenoxy) is 3. The van der Waals surface area contributed by atoms with Crippen molar-refractivity contribution >= 4 is 5.69 Å². The predicted molar refractivity (Wildman–Crippen MR) is 66.3 cm³/mol. The molecule has 1 rings (SSSR count). The first kappa shape index (κ1) is 13.4. The molecule has 0 saturated heterocycles. The Morgan fingerprint density at radius 1 is 1.12 bits per heavy atom.